The van der Waals surface area contributed by atoms with Crippen molar-refractivity contribution in [3.63, 3.8) is 0 Å². The van der Waals surface area contributed by atoms with E-state index >= 15 is 0 Å². The van der Waals surface area contributed by atoms with Gasteiger partial charge in [-0.2, -0.15) is 0 Å². The van der Waals surface area contributed by atoms with E-state index in [1.165, 1.54) is 19.3 Å². The Morgan fingerprint density at radius 3 is 2.22 bits per heavy atom. The van der Waals surface area contributed by atoms with Crippen LogP contribution in [0.3, 0.4) is 0 Å². The van der Waals surface area contributed by atoms with Gasteiger partial charge in [0.05, 0.1) is 13.2 Å². The molecule has 0 radical (unpaired) electrons. The van der Waals surface area contributed by atoms with Gasteiger partial charge in [-0.1, -0.05) is 52.4 Å². The van der Waals surface area contributed by atoms with Gasteiger partial charge in [-0.05, 0) is 38.0 Å². The van der Waals surface area contributed by atoms with Crippen LogP contribution in [0.1, 0.15) is 78.6 Å². The summed E-state index contributed by atoms with van der Waals surface area (Å²) in [6.07, 6.45) is 9.53. The third kappa shape index (κ3) is 7.85. The Kier molecular flexibility index (Phi) is 9.97. The van der Waals surface area contributed by atoms with Crippen LogP contribution in [0.4, 0.5) is 0 Å². The fourth-order valence-electron chi connectivity index (χ4n) is 3.27. The van der Waals surface area contributed by atoms with Crippen molar-refractivity contribution in [1.29, 1.82) is 0 Å². The van der Waals surface area contributed by atoms with E-state index in [-0.39, 0.29) is 11.9 Å². The largest absolute Gasteiger partial charge is 0.465 e. The van der Waals surface area contributed by atoms with Crippen molar-refractivity contribution in [3.8, 4) is 0 Å². The van der Waals surface area contributed by atoms with Gasteiger partial charge in [-0.15, -0.1) is 0 Å². The van der Waals surface area contributed by atoms with Crippen LogP contribution in [0, 0.1) is 17.8 Å². The molecule has 0 amide bonds. The first-order valence-electron chi connectivity index (χ1n) is 9.39. The second kappa shape index (κ2) is 11.5. The minimum atomic E-state index is -0.717. The quantitative estimate of drug-likeness (QED) is 0.337. The first-order chi connectivity index (χ1) is 11.1. The van der Waals surface area contributed by atoms with Crippen LogP contribution in [0.25, 0.3) is 0 Å². The lowest BCUT2D eigenvalue weighted by Gasteiger charge is -2.27. The zero-order valence-corrected chi connectivity index (χ0v) is 15.1. The molecule has 0 bridgehead atoms. The maximum Gasteiger partial charge on any atom is 0.320 e. The summed E-state index contributed by atoms with van der Waals surface area (Å²) in [7, 11) is 0. The van der Waals surface area contributed by atoms with Crippen molar-refractivity contribution in [1.82, 2.24) is 0 Å². The van der Waals surface area contributed by atoms with Gasteiger partial charge in [0, 0.05) is 0 Å². The van der Waals surface area contributed by atoms with Crippen LogP contribution >= 0.6 is 0 Å². The second-order valence-electron chi connectivity index (χ2n) is 7.04. The fourth-order valence-corrected chi connectivity index (χ4v) is 3.27. The summed E-state index contributed by atoms with van der Waals surface area (Å²) in [5.41, 5.74) is 0. The lowest BCUT2D eigenvalue weighted by atomic mass is 9.80. The Hall–Kier alpha value is -1.06. The number of hydrogen-bond acceptors (Lipinski definition) is 4. The average Bonchev–Trinajstić information content (AvgIpc) is 2.52. The van der Waals surface area contributed by atoms with Crippen LogP contribution in [-0.4, -0.2) is 25.2 Å². The second-order valence-corrected chi connectivity index (χ2v) is 7.04. The minimum absolute atomic E-state index is 0.0937. The highest BCUT2D eigenvalue weighted by atomic mass is 16.6. The van der Waals surface area contributed by atoms with Gasteiger partial charge in [0.25, 0.3) is 0 Å². The summed E-state index contributed by atoms with van der Waals surface area (Å²) in [4.78, 5) is 24.5. The summed E-state index contributed by atoms with van der Waals surface area (Å²) in [6.45, 7) is 6.93. The Morgan fingerprint density at radius 1 is 0.957 bits per heavy atom. The number of unbranched alkanes of at least 4 members (excludes halogenated alkanes) is 2. The molecule has 1 saturated carbocycles. The van der Waals surface area contributed by atoms with Crippen LogP contribution in [0.5, 0.6) is 0 Å². The van der Waals surface area contributed by atoms with E-state index in [4.69, 9.17) is 9.47 Å². The Bertz CT molecular complexity index is 345. The molecule has 0 aromatic rings. The van der Waals surface area contributed by atoms with Gasteiger partial charge in [-0.25, -0.2) is 0 Å². The van der Waals surface area contributed by atoms with E-state index in [0.717, 1.165) is 44.4 Å². The Morgan fingerprint density at radius 2 is 1.61 bits per heavy atom. The number of hydrogen-bond donors (Lipinski definition) is 0. The van der Waals surface area contributed by atoms with Crippen LogP contribution in [0.15, 0.2) is 0 Å². The lowest BCUT2D eigenvalue weighted by molar-refractivity contribution is -0.165. The topological polar surface area (TPSA) is 52.6 Å². The molecule has 4 nitrogen and oxygen atoms in total. The van der Waals surface area contributed by atoms with Crippen LogP contribution < -0.4 is 0 Å². The predicted molar refractivity (Wildman–Crippen MR) is 91.0 cm³/mol. The van der Waals surface area contributed by atoms with Crippen molar-refractivity contribution in [2.24, 2.45) is 17.8 Å². The summed E-state index contributed by atoms with van der Waals surface area (Å²) in [6, 6.07) is 0. The molecule has 0 spiro atoms. The molecule has 134 valence electrons. The fraction of sp³-hybridized carbons (Fsp3) is 0.895. The van der Waals surface area contributed by atoms with Crippen molar-refractivity contribution in [2.75, 3.05) is 13.2 Å². The highest BCUT2D eigenvalue weighted by Crippen LogP contribution is 2.31. The van der Waals surface area contributed by atoms with E-state index in [1.807, 2.05) is 0 Å². The maximum atomic E-state index is 12.4. The van der Waals surface area contributed by atoms with Gasteiger partial charge in [0.1, 0.15) is 0 Å². The highest BCUT2D eigenvalue weighted by Gasteiger charge is 2.37. The molecular weight excluding hydrogens is 292 g/mol. The van der Waals surface area contributed by atoms with E-state index < -0.39 is 11.9 Å². The highest BCUT2D eigenvalue weighted by molar-refractivity contribution is 5.95. The molecule has 1 unspecified atom stereocenters. The van der Waals surface area contributed by atoms with Gasteiger partial charge < -0.3 is 9.47 Å². The minimum Gasteiger partial charge on any atom is -0.465 e. The number of rotatable bonds is 10. The average molecular weight is 326 g/mol. The number of esters is 2. The van der Waals surface area contributed by atoms with E-state index in [0.29, 0.717) is 13.2 Å². The SMILES string of the molecule is CCOC(=O)C(C(=O)OCCCCCC(C)C)C1CCCCC1. The first-order valence-corrected chi connectivity index (χ1v) is 9.39. The third-order valence-electron chi connectivity index (χ3n) is 4.59. The number of carbonyl (C=O) groups excluding carboxylic acids is 2. The summed E-state index contributed by atoms with van der Waals surface area (Å²) in [5.74, 6) is -0.678. The predicted octanol–water partition coefficient (Wildman–Crippen LogP) is 4.51. The first kappa shape index (κ1) is 20.0. The molecule has 0 aromatic carbocycles. The van der Waals surface area contributed by atoms with E-state index in [1.54, 1.807) is 6.92 Å². The van der Waals surface area contributed by atoms with Gasteiger partial charge in [0.2, 0.25) is 0 Å². The summed E-state index contributed by atoms with van der Waals surface area (Å²) in [5, 5.41) is 0. The smallest absolute Gasteiger partial charge is 0.320 e. The summed E-state index contributed by atoms with van der Waals surface area (Å²) >= 11 is 0. The maximum absolute atomic E-state index is 12.4. The molecule has 1 aliphatic carbocycles. The lowest BCUT2D eigenvalue weighted by Crippen LogP contribution is -2.35. The molecule has 1 rings (SSSR count). The molecule has 0 N–H and O–H groups in total. The molecule has 0 aromatic heterocycles. The van der Waals surface area contributed by atoms with Gasteiger partial charge in [-0.3, -0.25) is 9.59 Å². The normalized spacial score (nSPS) is 17.0. The van der Waals surface area contributed by atoms with Crippen molar-refractivity contribution in [3.05, 3.63) is 0 Å². The van der Waals surface area contributed by atoms with E-state index in [9.17, 15) is 9.59 Å². The van der Waals surface area contributed by atoms with Crippen LogP contribution in [0.2, 0.25) is 0 Å². The van der Waals surface area contributed by atoms with Crippen LogP contribution in [-0.2, 0) is 19.1 Å². The molecule has 1 fully saturated rings. The molecule has 0 saturated heterocycles. The molecule has 1 atom stereocenters. The van der Waals surface area contributed by atoms with E-state index in [2.05, 4.69) is 13.8 Å². The standard InChI is InChI=1S/C19H34O4/c1-4-22-18(20)17(16-12-8-5-9-13-16)19(21)23-14-10-6-7-11-15(2)3/h15-17H,4-14H2,1-3H3. The van der Waals surface area contributed by atoms with Crippen molar-refractivity contribution in [2.45, 2.75) is 78.6 Å². The summed E-state index contributed by atoms with van der Waals surface area (Å²) < 4.78 is 10.5. The molecule has 1 aliphatic rings. The molecule has 23 heavy (non-hydrogen) atoms. The molecule has 0 heterocycles. The van der Waals surface area contributed by atoms with Gasteiger partial charge >= 0.3 is 11.9 Å². The monoisotopic (exact) mass is 326 g/mol. The third-order valence-corrected chi connectivity index (χ3v) is 4.59. The zero-order valence-electron chi connectivity index (χ0n) is 15.1. The van der Waals surface area contributed by atoms with Crippen molar-refractivity contribution >= 4 is 11.9 Å². The van der Waals surface area contributed by atoms with Crippen molar-refractivity contribution < 1.29 is 19.1 Å². The molecule has 0 aliphatic heterocycles. The number of ether oxygens (including phenoxy) is 2. The molecule has 4 heteroatoms. The van der Waals surface area contributed by atoms with Gasteiger partial charge in [0.15, 0.2) is 5.92 Å². The zero-order chi connectivity index (χ0) is 17.1. The Balaban J connectivity index is 2.40. The number of carbonyl (C=O) groups is 2. The Labute approximate surface area is 141 Å². The molecular formula is C19H34O4.